The molecular weight excluding hydrogens is 501 g/mol. The lowest BCUT2D eigenvalue weighted by atomic mass is 10.2. The third-order valence-corrected chi connectivity index (χ3v) is 4.62. The number of benzene rings is 2. The normalized spacial score (nSPS) is 10.1. The number of halogens is 3. The molecule has 0 aliphatic rings. The van der Waals surface area contributed by atoms with E-state index in [1.807, 2.05) is 0 Å². The van der Waals surface area contributed by atoms with Gasteiger partial charge < -0.3 is 10.1 Å². The number of hydrazine groups is 1. The molecule has 0 atom stereocenters. The van der Waals surface area contributed by atoms with E-state index in [-0.39, 0.29) is 17.9 Å². The Labute approximate surface area is 190 Å². The zero-order chi connectivity index (χ0) is 22.1. The Morgan fingerprint density at radius 2 is 1.60 bits per heavy atom. The van der Waals surface area contributed by atoms with E-state index in [1.54, 1.807) is 30.3 Å². The molecular formula is C19H16BrCl2N3O5. The second-order valence-corrected chi connectivity index (χ2v) is 7.60. The molecule has 3 N–H and O–H groups in total. The summed E-state index contributed by atoms with van der Waals surface area (Å²) in [6.07, 6.45) is -0.407. The van der Waals surface area contributed by atoms with Crippen molar-refractivity contribution in [3.8, 4) is 0 Å². The van der Waals surface area contributed by atoms with Crippen LogP contribution in [0.15, 0.2) is 46.9 Å². The molecule has 2 aromatic rings. The van der Waals surface area contributed by atoms with Crippen molar-refractivity contribution in [2.75, 3.05) is 11.9 Å². The van der Waals surface area contributed by atoms with Gasteiger partial charge in [-0.2, -0.15) is 0 Å². The van der Waals surface area contributed by atoms with Gasteiger partial charge in [0.25, 0.3) is 11.8 Å². The van der Waals surface area contributed by atoms with Gasteiger partial charge in [0, 0.05) is 21.5 Å². The fourth-order valence-electron chi connectivity index (χ4n) is 2.07. The van der Waals surface area contributed by atoms with Gasteiger partial charge in [-0.05, 0) is 42.5 Å². The Morgan fingerprint density at radius 1 is 0.900 bits per heavy atom. The van der Waals surface area contributed by atoms with Crippen LogP contribution in [0.4, 0.5) is 5.69 Å². The second kappa shape index (κ2) is 11.5. The first-order chi connectivity index (χ1) is 14.2. The van der Waals surface area contributed by atoms with Crippen LogP contribution < -0.4 is 16.2 Å². The monoisotopic (exact) mass is 515 g/mol. The van der Waals surface area contributed by atoms with Crippen LogP contribution in [0.2, 0.25) is 10.0 Å². The average Bonchev–Trinajstić information content (AvgIpc) is 2.71. The molecule has 0 radical (unpaired) electrons. The third kappa shape index (κ3) is 8.02. The minimum atomic E-state index is -0.748. The molecule has 0 spiro atoms. The van der Waals surface area contributed by atoms with Crippen molar-refractivity contribution in [1.82, 2.24) is 10.9 Å². The maximum absolute atomic E-state index is 11.9. The topological polar surface area (TPSA) is 114 Å². The van der Waals surface area contributed by atoms with Gasteiger partial charge in [-0.1, -0.05) is 39.1 Å². The zero-order valence-electron chi connectivity index (χ0n) is 15.3. The second-order valence-electron chi connectivity index (χ2n) is 5.84. The van der Waals surface area contributed by atoms with Crippen LogP contribution in [0.3, 0.4) is 0 Å². The molecule has 30 heavy (non-hydrogen) atoms. The molecule has 0 fully saturated rings. The molecule has 0 aliphatic carbocycles. The minimum Gasteiger partial charge on any atom is -0.455 e. The summed E-state index contributed by atoms with van der Waals surface area (Å²) in [5, 5.41) is 3.23. The van der Waals surface area contributed by atoms with Crippen molar-refractivity contribution in [3.63, 3.8) is 0 Å². The number of carbonyl (C=O) groups is 4. The van der Waals surface area contributed by atoms with Crippen molar-refractivity contribution in [2.45, 2.75) is 12.8 Å². The highest BCUT2D eigenvalue weighted by atomic mass is 79.9. The molecule has 3 amide bonds. The van der Waals surface area contributed by atoms with Crippen molar-refractivity contribution < 1.29 is 23.9 Å². The number of amides is 3. The van der Waals surface area contributed by atoms with Gasteiger partial charge in [0.15, 0.2) is 6.61 Å². The quantitative estimate of drug-likeness (QED) is 0.385. The number of hydrogen-bond acceptors (Lipinski definition) is 5. The maximum Gasteiger partial charge on any atom is 0.306 e. The van der Waals surface area contributed by atoms with Gasteiger partial charge in [0.05, 0.1) is 17.1 Å². The van der Waals surface area contributed by atoms with Gasteiger partial charge >= 0.3 is 5.97 Å². The van der Waals surface area contributed by atoms with Crippen molar-refractivity contribution in [2.24, 2.45) is 0 Å². The first kappa shape index (κ1) is 23.7. The molecule has 11 heteroatoms. The molecule has 0 aromatic heterocycles. The lowest BCUT2D eigenvalue weighted by molar-refractivity contribution is -0.149. The largest absolute Gasteiger partial charge is 0.455 e. The van der Waals surface area contributed by atoms with Gasteiger partial charge in [-0.3, -0.25) is 30.0 Å². The number of carbonyl (C=O) groups excluding carboxylic acids is 4. The van der Waals surface area contributed by atoms with E-state index >= 15 is 0 Å². The molecule has 0 unspecified atom stereocenters. The lowest BCUT2D eigenvalue weighted by Crippen LogP contribution is -2.43. The number of hydrogen-bond donors (Lipinski definition) is 3. The number of nitrogens with one attached hydrogen (secondary N) is 3. The number of rotatable bonds is 7. The Balaban J connectivity index is 1.66. The minimum absolute atomic E-state index is 0.167. The molecule has 0 heterocycles. The fourth-order valence-corrected chi connectivity index (χ4v) is 2.79. The maximum atomic E-state index is 11.9. The van der Waals surface area contributed by atoms with E-state index in [1.165, 1.54) is 12.1 Å². The Kier molecular flexibility index (Phi) is 9.10. The van der Waals surface area contributed by atoms with Crippen molar-refractivity contribution in [3.05, 3.63) is 62.5 Å². The fraction of sp³-hybridized carbons (Fsp3) is 0.158. The van der Waals surface area contributed by atoms with Crippen LogP contribution in [-0.4, -0.2) is 30.3 Å². The zero-order valence-corrected chi connectivity index (χ0v) is 18.4. The highest BCUT2D eigenvalue weighted by Gasteiger charge is 2.13. The highest BCUT2D eigenvalue weighted by molar-refractivity contribution is 9.10. The predicted molar refractivity (Wildman–Crippen MR) is 115 cm³/mol. The van der Waals surface area contributed by atoms with E-state index in [0.29, 0.717) is 16.3 Å². The van der Waals surface area contributed by atoms with Crippen LogP contribution in [0.1, 0.15) is 23.2 Å². The van der Waals surface area contributed by atoms with Gasteiger partial charge in [0.1, 0.15) is 0 Å². The summed E-state index contributed by atoms with van der Waals surface area (Å²) < 4.78 is 5.57. The molecule has 0 aliphatic heterocycles. The molecule has 2 rings (SSSR count). The average molecular weight is 517 g/mol. The number of ether oxygens (including phenoxy) is 1. The Morgan fingerprint density at radius 3 is 2.27 bits per heavy atom. The summed E-state index contributed by atoms with van der Waals surface area (Å²) in [5.41, 5.74) is 5.02. The third-order valence-electron chi connectivity index (χ3n) is 3.55. The summed E-state index contributed by atoms with van der Waals surface area (Å²) in [6.45, 7) is -0.607. The number of esters is 1. The van der Waals surface area contributed by atoms with Crippen LogP contribution in [0.5, 0.6) is 0 Å². The molecule has 0 saturated heterocycles. The molecule has 158 valence electrons. The molecule has 0 saturated carbocycles. The lowest BCUT2D eigenvalue weighted by Gasteiger charge is -2.09. The first-order valence-corrected chi connectivity index (χ1v) is 10.0. The summed E-state index contributed by atoms with van der Waals surface area (Å²) in [5.74, 6) is -2.46. The van der Waals surface area contributed by atoms with Gasteiger partial charge in [-0.15, -0.1) is 0 Å². The highest BCUT2D eigenvalue weighted by Crippen LogP contribution is 2.25. The van der Waals surface area contributed by atoms with E-state index in [0.717, 1.165) is 4.47 Å². The summed E-state index contributed by atoms with van der Waals surface area (Å²) in [6, 6.07) is 11.0. The Hall–Kier alpha value is -2.62. The van der Waals surface area contributed by atoms with Crippen LogP contribution >= 0.6 is 39.1 Å². The van der Waals surface area contributed by atoms with E-state index in [2.05, 4.69) is 32.1 Å². The summed E-state index contributed by atoms with van der Waals surface area (Å²) in [4.78, 5) is 47.1. The standard InChI is InChI=1S/C19H16BrCl2N3O5/c20-12-3-1-11(2-4-12)19(29)25-24-17(27)10-30-18(28)8-7-16(26)23-15-6-5-13(21)9-14(15)22/h1-6,9H,7-8,10H2,(H,23,26)(H,24,27)(H,25,29). The van der Waals surface area contributed by atoms with Gasteiger partial charge in [-0.25, -0.2) is 0 Å². The van der Waals surface area contributed by atoms with Crippen LogP contribution in [0.25, 0.3) is 0 Å². The van der Waals surface area contributed by atoms with E-state index in [4.69, 9.17) is 27.9 Å². The summed E-state index contributed by atoms with van der Waals surface area (Å²) >= 11 is 15.0. The molecule has 8 nitrogen and oxygen atoms in total. The van der Waals surface area contributed by atoms with Crippen molar-refractivity contribution >= 4 is 68.5 Å². The predicted octanol–water partition coefficient (Wildman–Crippen LogP) is 3.48. The van der Waals surface area contributed by atoms with Crippen LogP contribution in [-0.2, 0) is 19.1 Å². The van der Waals surface area contributed by atoms with E-state index in [9.17, 15) is 19.2 Å². The smallest absolute Gasteiger partial charge is 0.306 e. The first-order valence-electron chi connectivity index (χ1n) is 8.50. The van der Waals surface area contributed by atoms with E-state index < -0.39 is 30.3 Å². The Bertz CT molecular complexity index is 954. The molecule has 2 aromatic carbocycles. The summed E-state index contributed by atoms with van der Waals surface area (Å²) in [7, 11) is 0. The van der Waals surface area contributed by atoms with Crippen molar-refractivity contribution in [1.29, 1.82) is 0 Å². The SMILES string of the molecule is O=C(COC(=O)CCC(=O)Nc1ccc(Cl)cc1Cl)NNC(=O)c1ccc(Br)cc1. The molecule has 0 bridgehead atoms. The number of anilines is 1. The van der Waals surface area contributed by atoms with Crippen LogP contribution in [0, 0.1) is 0 Å². The van der Waals surface area contributed by atoms with Gasteiger partial charge in [0.2, 0.25) is 5.91 Å².